The molecule has 1 saturated heterocycles. The van der Waals surface area contributed by atoms with Crippen molar-refractivity contribution in [3.8, 4) is 0 Å². The van der Waals surface area contributed by atoms with Gasteiger partial charge in [-0.15, -0.1) is 0 Å². The summed E-state index contributed by atoms with van der Waals surface area (Å²) in [6, 6.07) is 0. The normalized spacial score (nSPS) is 24.0. The van der Waals surface area contributed by atoms with E-state index in [1.165, 1.54) is 0 Å². The monoisotopic (exact) mass is 516 g/mol. The van der Waals surface area contributed by atoms with E-state index < -0.39 is 82.8 Å². The molecule has 10 nitrogen and oxygen atoms in total. The van der Waals surface area contributed by atoms with Crippen molar-refractivity contribution in [2.45, 2.75) is 114 Å². The molecule has 208 valence electrons. The van der Waals surface area contributed by atoms with E-state index in [1.54, 1.807) is 83.1 Å². The predicted molar refractivity (Wildman–Crippen MR) is 129 cm³/mol. The number of aliphatic hydroxyl groups excluding tert-OH is 1. The first-order valence-corrected chi connectivity index (χ1v) is 12.1. The number of rotatable bonds is 6. The minimum absolute atomic E-state index is 0.482. The fraction of sp³-hybridized carbons (Fsp3) is 0.846. The molecule has 5 atom stereocenters. The van der Waals surface area contributed by atoms with Crippen LogP contribution >= 0.6 is 0 Å². The first-order valence-electron chi connectivity index (χ1n) is 12.1. The number of ether oxygens (including phenoxy) is 5. The molecule has 36 heavy (non-hydrogen) atoms. The van der Waals surface area contributed by atoms with E-state index in [9.17, 15) is 24.3 Å². The molecule has 0 aromatic rings. The lowest BCUT2D eigenvalue weighted by molar-refractivity contribution is -0.210. The Kier molecular flexibility index (Phi) is 9.77. The Hall–Kier alpha value is -2.20. The molecule has 0 aromatic heterocycles. The summed E-state index contributed by atoms with van der Waals surface area (Å²) in [5.41, 5.74) is -3.61. The van der Waals surface area contributed by atoms with E-state index in [0.717, 1.165) is 0 Å². The first kappa shape index (κ1) is 31.8. The summed E-state index contributed by atoms with van der Waals surface area (Å²) in [6.07, 6.45) is -6.99. The van der Waals surface area contributed by atoms with Gasteiger partial charge in [-0.1, -0.05) is 0 Å². The Morgan fingerprint density at radius 3 is 1.39 bits per heavy atom. The maximum atomic E-state index is 12.8. The molecule has 1 fully saturated rings. The van der Waals surface area contributed by atoms with Gasteiger partial charge in [0.05, 0.1) is 21.7 Å². The lowest BCUT2D eigenvalue weighted by atomic mass is 9.96. The topological polar surface area (TPSA) is 135 Å². The highest BCUT2D eigenvalue weighted by atomic mass is 16.8. The molecule has 0 bridgehead atoms. The Bertz CT molecular complexity index is 820. The predicted octanol–water partition coefficient (Wildman–Crippen LogP) is 3.17. The number of aliphatic hydroxyl groups is 1. The highest BCUT2D eigenvalue weighted by Gasteiger charge is 2.56. The van der Waals surface area contributed by atoms with E-state index in [2.05, 4.69) is 0 Å². The second-order valence-electron chi connectivity index (χ2n) is 13.3. The van der Waals surface area contributed by atoms with Crippen LogP contribution in [0.2, 0.25) is 0 Å². The summed E-state index contributed by atoms with van der Waals surface area (Å²) in [7, 11) is 0. The van der Waals surface area contributed by atoms with Gasteiger partial charge in [-0.05, 0) is 83.1 Å². The summed E-state index contributed by atoms with van der Waals surface area (Å²) in [6.45, 7) is 19.2. The molecule has 1 heterocycles. The second-order valence-corrected chi connectivity index (χ2v) is 13.3. The van der Waals surface area contributed by atoms with Crippen molar-refractivity contribution in [2.75, 3.05) is 6.61 Å². The Morgan fingerprint density at radius 2 is 1.00 bits per heavy atom. The molecule has 0 saturated carbocycles. The van der Waals surface area contributed by atoms with E-state index in [-0.39, 0.29) is 0 Å². The number of esters is 4. The zero-order chi connectivity index (χ0) is 28.4. The second kappa shape index (κ2) is 11.0. The van der Waals surface area contributed by atoms with Crippen molar-refractivity contribution >= 4 is 23.9 Å². The Labute approximate surface area is 214 Å². The molecule has 1 rings (SSSR count). The van der Waals surface area contributed by atoms with E-state index in [1.807, 2.05) is 0 Å². The smallest absolute Gasteiger partial charge is 0.313 e. The van der Waals surface area contributed by atoms with E-state index >= 15 is 0 Å². The molecular formula is C26H44O10. The van der Waals surface area contributed by atoms with Gasteiger partial charge in [0, 0.05) is 0 Å². The average molecular weight is 517 g/mol. The van der Waals surface area contributed by atoms with Crippen molar-refractivity contribution in [3.63, 3.8) is 0 Å². The third kappa shape index (κ3) is 8.73. The third-order valence-corrected chi connectivity index (χ3v) is 5.13. The van der Waals surface area contributed by atoms with Gasteiger partial charge in [0.15, 0.2) is 6.10 Å². The van der Waals surface area contributed by atoms with Gasteiger partial charge in [-0.3, -0.25) is 19.2 Å². The number of hydrogen-bond acceptors (Lipinski definition) is 10. The standard InChI is InChI=1S/C26H44O10/c1-23(2,3)19(28)32-13-14(27)15-16(34-20(29)24(4,5)6)17(35-21(30)25(7,8)9)18(33-15)36-22(31)26(10,11)12/h14-18,27H,13H2,1-12H3/t14-,15+,16+,17-,18?/m1/s1. The summed E-state index contributed by atoms with van der Waals surface area (Å²) in [4.78, 5) is 50.5. The fourth-order valence-electron chi connectivity index (χ4n) is 2.67. The molecule has 1 N–H and O–H groups in total. The van der Waals surface area contributed by atoms with Crippen molar-refractivity contribution in [1.82, 2.24) is 0 Å². The van der Waals surface area contributed by atoms with Gasteiger partial charge >= 0.3 is 23.9 Å². The van der Waals surface area contributed by atoms with Crippen molar-refractivity contribution < 1.29 is 48.0 Å². The van der Waals surface area contributed by atoms with E-state index in [4.69, 9.17) is 23.7 Å². The van der Waals surface area contributed by atoms with Gasteiger partial charge in [0.2, 0.25) is 12.4 Å². The van der Waals surface area contributed by atoms with Crippen LogP contribution in [0.25, 0.3) is 0 Å². The lowest BCUT2D eigenvalue weighted by Crippen LogP contribution is -2.48. The van der Waals surface area contributed by atoms with Crippen molar-refractivity contribution in [2.24, 2.45) is 21.7 Å². The third-order valence-electron chi connectivity index (χ3n) is 5.13. The molecule has 10 heteroatoms. The summed E-state index contributed by atoms with van der Waals surface area (Å²) in [5.74, 6) is -2.52. The fourth-order valence-corrected chi connectivity index (χ4v) is 2.67. The summed E-state index contributed by atoms with van der Waals surface area (Å²) < 4.78 is 27.9. The zero-order valence-electron chi connectivity index (χ0n) is 23.7. The van der Waals surface area contributed by atoms with Crippen molar-refractivity contribution in [1.29, 1.82) is 0 Å². The van der Waals surface area contributed by atoms with Gasteiger partial charge in [-0.2, -0.15) is 0 Å². The Balaban J connectivity index is 3.39. The lowest BCUT2D eigenvalue weighted by Gasteiger charge is -2.30. The Morgan fingerprint density at radius 1 is 0.639 bits per heavy atom. The average Bonchev–Trinajstić information content (AvgIpc) is 2.99. The summed E-state index contributed by atoms with van der Waals surface area (Å²) >= 11 is 0. The van der Waals surface area contributed by atoms with Crippen LogP contribution in [0.5, 0.6) is 0 Å². The zero-order valence-corrected chi connectivity index (χ0v) is 23.7. The molecular weight excluding hydrogens is 472 g/mol. The highest BCUT2D eigenvalue weighted by Crippen LogP contribution is 2.34. The minimum Gasteiger partial charge on any atom is -0.462 e. The van der Waals surface area contributed by atoms with Gasteiger partial charge in [-0.25, -0.2) is 0 Å². The molecule has 0 amide bonds. The molecule has 1 aliphatic heterocycles. The number of carbonyl (C=O) groups is 4. The number of carbonyl (C=O) groups excluding carboxylic acids is 4. The van der Waals surface area contributed by atoms with Crippen LogP contribution in [0.3, 0.4) is 0 Å². The quantitative estimate of drug-likeness (QED) is 0.414. The van der Waals surface area contributed by atoms with Crippen molar-refractivity contribution in [3.05, 3.63) is 0 Å². The first-order chi connectivity index (χ1) is 16.0. The largest absolute Gasteiger partial charge is 0.462 e. The van der Waals surface area contributed by atoms with Crippen LogP contribution in [0, 0.1) is 21.7 Å². The van der Waals surface area contributed by atoms with Crippen LogP contribution in [0.15, 0.2) is 0 Å². The molecule has 1 aliphatic rings. The molecule has 1 unspecified atom stereocenters. The van der Waals surface area contributed by atoms with Crippen LogP contribution in [0.1, 0.15) is 83.1 Å². The highest BCUT2D eigenvalue weighted by molar-refractivity contribution is 5.78. The van der Waals surface area contributed by atoms with Gasteiger partial charge < -0.3 is 28.8 Å². The van der Waals surface area contributed by atoms with Gasteiger partial charge in [0.25, 0.3) is 0 Å². The SMILES string of the molecule is CC(C)(C)C(=O)OC[C@@H](O)[C@@H]1OC(OC(=O)C(C)(C)C)[C@H](OC(=O)C(C)(C)C)[C@H]1OC(=O)C(C)(C)C. The maximum Gasteiger partial charge on any atom is 0.313 e. The van der Waals surface area contributed by atoms with Crippen LogP contribution < -0.4 is 0 Å². The molecule has 0 aliphatic carbocycles. The summed E-state index contributed by atoms with van der Waals surface area (Å²) in [5, 5.41) is 10.9. The maximum absolute atomic E-state index is 12.8. The molecule has 0 radical (unpaired) electrons. The van der Waals surface area contributed by atoms with Crippen LogP contribution in [-0.4, -0.2) is 66.3 Å². The van der Waals surface area contributed by atoms with E-state index in [0.29, 0.717) is 0 Å². The number of hydrogen-bond donors (Lipinski definition) is 1. The minimum atomic E-state index is -1.48. The van der Waals surface area contributed by atoms with Gasteiger partial charge in [0.1, 0.15) is 18.8 Å². The van der Waals surface area contributed by atoms with Crippen LogP contribution in [0.4, 0.5) is 0 Å². The molecule has 0 aromatic carbocycles. The van der Waals surface area contributed by atoms with Crippen LogP contribution in [-0.2, 0) is 42.9 Å². The molecule has 0 spiro atoms.